The SMILES string of the molecule is C[C@@H](N)Cc1ccon1. The lowest BCUT2D eigenvalue weighted by atomic mass is 10.2. The Kier molecular flexibility index (Phi) is 1.85. The van der Waals surface area contributed by atoms with Crippen LogP contribution in [0, 0.1) is 0 Å². The van der Waals surface area contributed by atoms with E-state index in [0.29, 0.717) is 0 Å². The fraction of sp³-hybridized carbons (Fsp3) is 0.500. The fourth-order valence-corrected chi connectivity index (χ4v) is 0.673. The van der Waals surface area contributed by atoms with Gasteiger partial charge in [-0.3, -0.25) is 0 Å². The molecular weight excluding hydrogens is 116 g/mol. The lowest BCUT2D eigenvalue weighted by Gasteiger charge is -1.97. The maximum atomic E-state index is 5.50. The van der Waals surface area contributed by atoms with Gasteiger partial charge in [0, 0.05) is 18.5 Å². The van der Waals surface area contributed by atoms with E-state index in [0.717, 1.165) is 12.1 Å². The molecule has 1 rings (SSSR count). The summed E-state index contributed by atoms with van der Waals surface area (Å²) in [5.41, 5.74) is 6.42. The molecule has 0 fully saturated rings. The van der Waals surface area contributed by atoms with Gasteiger partial charge >= 0.3 is 0 Å². The van der Waals surface area contributed by atoms with Gasteiger partial charge in [0.2, 0.25) is 0 Å². The molecule has 0 spiro atoms. The van der Waals surface area contributed by atoms with Gasteiger partial charge in [0.25, 0.3) is 0 Å². The minimum Gasteiger partial charge on any atom is -0.365 e. The first-order valence-corrected chi connectivity index (χ1v) is 2.94. The molecule has 1 heterocycles. The summed E-state index contributed by atoms with van der Waals surface area (Å²) < 4.78 is 4.61. The largest absolute Gasteiger partial charge is 0.365 e. The van der Waals surface area contributed by atoms with Crippen LogP contribution < -0.4 is 5.73 Å². The van der Waals surface area contributed by atoms with E-state index >= 15 is 0 Å². The van der Waals surface area contributed by atoms with Gasteiger partial charge in [0.1, 0.15) is 6.26 Å². The standard InChI is InChI=1S/C6H10N2O/c1-5(7)4-6-2-3-9-8-6/h2-3,5H,4,7H2,1H3/t5-/m1/s1. The highest BCUT2D eigenvalue weighted by molar-refractivity contribution is 4.96. The lowest BCUT2D eigenvalue weighted by Crippen LogP contribution is -2.17. The maximum Gasteiger partial charge on any atom is 0.124 e. The van der Waals surface area contributed by atoms with Crippen molar-refractivity contribution < 1.29 is 4.52 Å². The predicted molar refractivity (Wildman–Crippen MR) is 33.9 cm³/mol. The molecule has 0 aromatic carbocycles. The molecule has 50 valence electrons. The Hall–Kier alpha value is -0.830. The van der Waals surface area contributed by atoms with Gasteiger partial charge in [0.15, 0.2) is 0 Å². The highest BCUT2D eigenvalue weighted by Crippen LogP contribution is 1.96. The van der Waals surface area contributed by atoms with E-state index in [1.165, 1.54) is 0 Å². The summed E-state index contributed by atoms with van der Waals surface area (Å²) in [5, 5.41) is 3.70. The van der Waals surface area contributed by atoms with Crippen LogP contribution in [0.1, 0.15) is 12.6 Å². The molecule has 3 heteroatoms. The summed E-state index contributed by atoms with van der Waals surface area (Å²) >= 11 is 0. The number of hydrogen-bond donors (Lipinski definition) is 1. The highest BCUT2D eigenvalue weighted by Gasteiger charge is 1.98. The molecule has 9 heavy (non-hydrogen) atoms. The van der Waals surface area contributed by atoms with Crippen LogP contribution in [0.4, 0.5) is 0 Å². The molecule has 0 aliphatic carbocycles. The minimum absolute atomic E-state index is 0.162. The Bertz CT molecular complexity index is 158. The van der Waals surface area contributed by atoms with Crippen LogP contribution in [0.25, 0.3) is 0 Å². The second kappa shape index (κ2) is 2.64. The van der Waals surface area contributed by atoms with Crippen molar-refractivity contribution in [1.82, 2.24) is 5.16 Å². The van der Waals surface area contributed by atoms with Gasteiger partial charge in [-0.25, -0.2) is 0 Å². The van der Waals surface area contributed by atoms with Gasteiger partial charge in [-0.2, -0.15) is 0 Å². The zero-order valence-corrected chi connectivity index (χ0v) is 5.37. The summed E-state index contributed by atoms with van der Waals surface area (Å²) in [6.07, 6.45) is 2.34. The van der Waals surface area contributed by atoms with Crippen molar-refractivity contribution in [1.29, 1.82) is 0 Å². The first-order valence-electron chi connectivity index (χ1n) is 2.94. The molecule has 1 aromatic rings. The Morgan fingerprint density at radius 1 is 1.89 bits per heavy atom. The van der Waals surface area contributed by atoms with E-state index in [1.54, 1.807) is 6.26 Å². The van der Waals surface area contributed by atoms with Crippen LogP contribution >= 0.6 is 0 Å². The van der Waals surface area contributed by atoms with Crippen LogP contribution in [0.3, 0.4) is 0 Å². The molecule has 0 aliphatic heterocycles. The quantitative estimate of drug-likeness (QED) is 0.630. The second-order valence-corrected chi connectivity index (χ2v) is 2.17. The Balaban J connectivity index is 2.48. The summed E-state index contributed by atoms with van der Waals surface area (Å²) in [4.78, 5) is 0. The van der Waals surface area contributed by atoms with Gasteiger partial charge in [-0.05, 0) is 6.92 Å². The van der Waals surface area contributed by atoms with Crippen molar-refractivity contribution in [2.45, 2.75) is 19.4 Å². The monoisotopic (exact) mass is 126 g/mol. The molecule has 1 atom stereocenters. The van der Waals surface area contributed by atoms with Crippen molar-refractivity contribution in [3.05, 3.63) is 18.0 Å². The normalized spacial score (nSPS) is 13.6. The molecule has 0 bridgehead atoms. The number of aromatic nitrogens is 1. The molecule has 0 unspecified atom stereocenters. The zero-order chi connectivity index (χ0) is 6.69. The first kappa shape index (κ1) is 6.29. The molecule has 0 amide bonds. The van der Waals surface area contributed by atoms with Gasteiger partial charge in [-0.1, -0.05) is 5.16 Å². The Morgan fingerprint density at radius 3 is 3.11 bits per heavy atom. The van der Waals surface area contributed by atoms with E-state index in [9.17, 15) is 0 Å². The summed E-state index contributed by atoms with van der Waals surface area (Å²) in [7, 11) is 0. The zero-order valence-electron chi connectivity index (χ0n) is 5.37. The van der Waals surface area contributed by atoms with Crippen LogP contribution in [-0.2, 0) is 6.42 Å². The van der Waals surface area contributed by atoms with Crippen molar-refractivity contribution in [3.8, 4) is 0 Å². The number of nitrogens with two attached hydrogens (primary N) is 1. The van der Waals surface area contributed by atoms with E-state index in [4.69, 9.17) is 5.73 Å². The van der Waals surface area contributed by atoms with E-state index < -0.39 is 0 Å². The molecule has 2 N–H and O–H groups in total. The van der Waals surface area contributed by atoms with Gasteiger partial charge in [-0.15, -0.1) is 0 Å². The number of nitrogens with zero attached hydrogens (tertiary/aromatic N) is 1. The summed E-state index contributed by atoms with van der Waals surface area (Å²) in [6.45, 7) is 1.94. The Morgan fingerprint density at radius 2 is 2.67 bits per heavy atom. The average Bonchev–Trinajstić information content (AvgIpc) is 2.15. The maximum absolute atomic E-state index is 5.50. The number of rotatable bonds is 2. The molecule has 3 nitrogen and oxygen atoms in total. The third kappa shape index (κ3) is 1.85. The molecule has 0 saturated heterocycles. The Labute approximate surface area is 53.8 Å². The molecular formula is C6H10N2O. The van der Waals surface area contributed by atoms with Gasteiger partial charge < -0.3 is 10.3 Å². The second-order valence-electron chi connectivity index (χ2n) is 2.17. The van der Waals surface area contributed by atoms with Crippen molar-refractivity contribution in [2.75, 3.05) is 0 Å². The van der Waals surface area contributed by atoms with E-state index in [-0.39, 0.29) is 6.04 Å². The smallest absolute Gasteiger partial charge is 0.124 e. The number of hydrogen-bond acceptors (Lipinski definition) is 3. The van der Waals surface area contributed by atoms with Crippen LogP contribution in [0.2, 0.25) is 0 Å². The molecule has 0 saturated carbocycles. The van der Waals surface area contributed by atoms with Crippen LogP contribution in [0.5, 0.6) is 0 Å². The van der Waals surface area contributed by atoms with Crippen molar-refractivity contribution in [2.24, 2.45) is 5.73 Å². The van der Waals surface area contributed by atoms with Crippen LogP contribution in [0.15, 0.2) is 16.9 Å². The first-order chi connectivity index (χ1) is 4.29. The average molecular weight is 126 g/mol. The highest BCUT2D eigenvalue weighted by atomic mass is 16.5. The summed E-state index contributed by atoms with van der Waals surface area (Å²) in [6, 6.07) is 1.98. The third-order valence-corrected chi connectivity index (χ3v) is 1.02. The lowest BCUT2D eigenvalue weighted by molar-refractivity contribution is 0.409. The van der Waals surface area contributed by atoms with Gasteiger partial charge in [0.05, 0.1) is 5.69 Å². The predicted octanol–water partition coefficient (Wildman–Crippen LogP) is 0.564. The third-order valence-electron chi connectivity index (χ3n) is 1.02. The fourth-order valence-electron chi connectivity index (χ4n) is 0.673. The molecule has 0 aliphatic rings. The van der Waals surface area contributed by atoms with Crippen LogP contribution in [-0.4, -0.2) is 11.2 Å². The van der Waals surface area contributed by atoms with E-state index in [1.807, 2.05) is 13.0 Å². The van der Waals surface area contributed by atoms with Crippen molar-refractivity contribution in [3.63, 3.8) is 0 Å². The minimum atomic E-state index is 0.162. The topological polar surface area (TPSA) is 52.0 Å². The molecule has 0 radical (unpaired) electrons. The van der Waals surface area contributed by atoms with E-state index in [2.05, 4.69) is 9.68 Å². The molecule has 1 aromatic heterocycles. The van der Waals surface area contributed by atoms with Crippen molar-refractivity contribution >= 4 is 0 Å². The summed E-state index contributed by atoms with van der Waals surface area (Å²) in [5.74, 6) is 0.